The quantitative estimate of drug-likeness (QED) is 0.243. The third-order valence-corrected chi connectivity index (χ3v) is 5.48. The van der Waals surface area contributed by atoms with Crippen molar-refractivity contribution in [1.29, 1.82) is 0 Å². The molecule has 0 radical (unpaired) electrons. The highest BCUT2D eigenvalue weighted by Gasteiger charge is 2.17. The molecule has 31 heavy (non-hydrogen) atoms. The Morgan fingerprint density at radius 2 is 1.48 bits per heavy atom. The summed E-state index contributed by atoms with van der Waals surface area (Å²) in [6.07, 6.45) is 0. The number of hydrogen-bond donors (Lipinski definition) is 0. The van der Waals surface area contributed by atoms with Gasteiger partial charge in [0.05, 0.1) is 16.8 Å². The van der Waals surface area contributed by atoms with E-state index in [4.69, 9.17) is 9.72 Å². The van der Waals surface area contributed by atoms with Gasteiger partial charge in [-0.15, -0.1) is 0 Å². The first-order valence-corrected chi connectivity index (χ1v) is 10.3. The van der Waals surface area contributed by atoms with Gasteiger partial charge in [0.2, 0.25) is 0 Å². The second kappa shape index (κ2) is 7.69. The van der Waals surface area contributed by atoms with Crippen molar-refractivity contribution in [2.75, 3.05) is 0 Å². The van der Waals surface area contributed by atoms with Gasteiger partial charge in [-0.05, 0) is 43.5 Å². The number of carbonyl (C=O) groups excluding carboxylic acids is 1. The summed E-state index contributed by atoms with van der Waals surface area (Å²) in [7, 11) is 0. The zero-order valence-corrected chi connectivity index (χ0v) is 17.4. The van der Waals surface area contributed by atoms with Crippen LogP contribution in [0.1, 0.15) is 21.5 Å². The molecule has 0 saturated carbocycles. The molecule has 0 saturated heterocycles. The Bertz CT molecular complexity index is 1430. The van der Waals surface area contributed by atoms with Crippen molar-refractivity contribution in [1.82, 2.24) is 4.98 Å². The number of fused-ring (bicyclic) bond motifs is 2. The zero-order valence-electron chi connectivity index (χ0n) is 17.4. The van der Waals surface area contributed by atoms with E-state index in [1.807, 2.05) is 105 Å². The van der Waals surface area contributed by atoms with Crippen LogP contribution in [0.2, 0.25) is 0 Å². The number of carbonyl (C=O) groups is 1. The zero-order chi connectivity index (χ0) is 21.4. The molecule has 150 valence electrons. The summed E-state index contributed by atoms with van der Waals surface area (Å²) >= 11 is 0. The number of aryl methyl sites for hydroxylation is 2. The molecule has 3 heteroatoms. The summed E-state index contributed by atoms with van der Waals surface area (Å²) in [5, 5.41) is 2.73. The SMILES string of the molecule is Cc1ccc(-c2cc(C(=O)Oc3cccc4ccccc34)c3cc(C)ccc3n2)cc1. The van der Waals surface area contributed by atoms with Crippen molar-refractivity contribution in [3.05, 3.63) is 108 Å². The molecule has 0 aliphatic rings. The van der Waals surface area contributed by atoms with Gasteiger partial charge in [0.1, 0.15) is 5.75 Å². The van der Waals surface area contributed by atoms with Gasteiger partial charge >= 0.3 is 5.97 Å². The predicted molar refractivity (Wildman–Crippen MR) is 126 cm³/mol. The molecule has 5 aromatic rings. The van der Waals surface area contributed by atoms with Gasteiger partial charge in [-0.25, -0.2) is 9.78 Å². The van der Waals surface area contributed by atoms with Crippen LogP contribution in [-0.2, 0) is 0 Å². The van der Waals surface area contributed by atoms with Gasteiger partial charge in [-0.1, -0.05) is 77.9 Å². The maximum atomic E-state index is 13.4. The molecule has 0 spiro atoms. The molecule has 4 aromatic carbocycles. The molecule has 5 rings (SSSR count). The van der Waals surface area contributed by atoms with Crippen LogP contribution in [-0.4, -0.2) is 11.0 Å². The summed E-state index contributed by atoms with van der Waals surface area (Å²) in [5.41, 5.74) is 5.24. The van der Waals surface area contributed by atoms with E-state index in [2.05, 4.69) is 0 Å². The smallest absolute Gasteiger partial charge is 0.344 e. The standard InChI is InChI=1S/C28H21NO2/c1-18-10-13-21(14-11-18)26-17-24(23-16-19(2)12-15-25(23)29-26)28(30)31-27-9-5-7-20-6-3-4-8-22(20)27/h3-17H,1-2H3. The molecule has 0 aliphatic heterocycles. The molecular weight excluding hydrogens is 382 g/mol. The summed E-state index contributed by atoms with van der Waals surface area (Å²) < 4.78 is 5.90. The third kappa shape index (κ3) is 3.66. The minimum absolute atomic E-state index is 0.386. The second-order valence-electron chi connectivity index (χ2n) is 7.81. The van der Waals surface area contributed by atoms with Gasteiger partial charge in [0, 0.05) is 16.3 Å². The molecule has 0 aliphatic carbocycles. The molecule has 0 atom stereocenters. The second-order valence-corrected chi connectivity index (χ2v) is 7.81. The normalized spacial score (nSPS) is 11.0. The van der Waals surface area contributed by atoms with Crippen LogP contribution in [0.25, 0.3) is 32.9 Å². The lowest BCUT2D eigenvalue weighted by molar-refractivity contribution is 0.0739. The predicted octanol–water partition coefficient (Wildman–Crippen LogP) is 6.89. The van der Waals surface area contributed by atoms with E-state index < -0.39 is 0 Å². The average molecular weight is 403 g/mol. The summed E-state index contributed by atoms with van der Waals surface area (Å²) in [6, 6.07) is 29.6. The first kappa shape index (κ1) is 19.0. The van der Waals surface area contributed by atoms with Gasteiger partial charge in [0.15, 0.2) is 0 Å². The lowest BCUT2D eigenvalue weighted by Crippen LogP contribution is -2.10. The summed E-state index contributed by atoms with van der Waals surface area (Å²) in [5.74, 6) is 0.167. The minimum atomic E-state index is -0.386. The Morgan fingerprint density at radius 1 is 0.742 bits per heavy atom. The molecule has 0 amide bonds. The monoisotopic (exact) mass is 403 g/mol. The Balaban J connectivity index is 1.64. The molecule has 0 N–H and O–H groups in total. The Morgan fingerprint density at radius 3 is 2.32 bits per heavy atom. The topological polar surface area (TPSA) is 39.2 Å². The number of rotatable bonds is 3. The fraction of sp³-hybridized carbons (Fsp3) is 0.0714. The summed E-state index contributed by atoms with van der Waals surface area (Å²) in [4.78, 5) is 18.2. The number of benzene rings is 4. The molecule has 0 fully saturated rings. The Hall–Kier alpha value is -3.98. The molecule has 3 nitrogen and oxygen atoms in total. The van der Waals surface area contributed by atoms with E-state index in [0.29, 0.717) is 11.3 Å². The largest absolute Gasteiger partial charge is 0.422 e. The highest BCUT2D eigenvalue weighted by atomic mass is 16.5. The number of ether oxygens (including phenoxy) is 1. The van der Waals surface area contributed by atoms with Crippen LogP contribution in [0.5, 0.6) is 5.75 Å². The van der Waals surface area contributed by atoms with E-state index in [-0.39, 0.29) is 5.97 Å². The van der Waals surface area contributed by atoms with Crippen LogP contribution in [0, 0.1) is 13.8 Å². The Kier molecular flexibility index (Phi) is 4.72. The molecule has 0 bridgehead atoms. The lowest BCUT2D eigenvalue weighted by atomic mass is 10.0. The van der Waals surface area contributed by atoms with E-state index in [1.165, 1.54) is 5.56 Å². The van der Waals surface area contributed by atoms with Crippen molar-refractivity contribution in [2.24, 2.45) is 0 Å². The van der Waals surface area contributed by atoms with E-state index >= 15 is 0 Å². The van der Waals surface area contributed by atoms with Gasteiger partial charge in [0.25, 0.3) is 0 Å². The number of hydrogen-bond acceptors (Lipinski definition) is 3. The van der Waals surface area contributed by atoms with Crippen LogP contribution in [0.15, 0.2) is 91.0 Å². The number of aromatic nitrogens is 1. The lowest BCUT2D eigenvalue weighted by Gasteiger charge is -2.12. The van der Waals surface area contributed by atoms with Crippen molar-refractivity contribution in [3.63, 3.8) is 0 Å². The van der Waals surface area contributed by atoms with Gasteiger partial charge < -0.3 is 4.74 Å². The highest BCUT2D eigenvalue weighted by Crippen LogP contribution is 2.29. The maximum absolute atomic E-state index is 13.4. The summed E-state index contributed by atoms with van der Waals surface area (Å²) in [6.45, 7) is 4.06. The van der Waals surface area contributed by atoms with Crippen LogP contribution in [0.3, 0.4) is 0 Å². The molecular formula is C28H21NO2. The van der Waals surface area contributed by atoms with E-state index in [0.717, 1.165) is 38.5 Å². The van der Waals surface area contributed by atoms with Crippen molar-refractivity contribution >= 4 is 27.6 Å². The molecule has 1 heterocycles. The van der Waals surface area contributed by atoms with Crippen molar-refractivity contribution in [3.8, 4) is 17.0 Å². The van der Waals surface area contributed by atoms with Gasteiger partial charge in [-0.2, -0.15) is 0 Å². The van der Waals surface area contributed by atoms with Crippen LogP contribution < -0.4 is 4.74 Å². The van der Waals surface area contributed by atoms with Crippen LogP contribution >= 0.6 is 0 Å². The van der Waals surface area contributed by atoms with Crippen LogP contribution in [0.4, 0.5) is 0 Å². The maximum Gasteiger partial charge on any atom is 0.344 e. The number of pyridine rings is 1. The third-order valence-electron chi connectivity index (χ3n) is 5.48. The fourth-order valence-electron chi connectivity index (χ4n) is 3.82. The first-order chi connectivity index (χ1) is 15.1. The molecule has 0 unspecified atom stereocenters. The number of esters is 1. The first-order valence-electron chi connectivity index (χ1n) is 10.3. The molecule has 1 aromatic heterocycles. The van der Waals surface area contributed by atoms with Crippen molar-refractivity contribution in [2.45, 2.75) is 13.8 Å². The Labute approximate surface area is 180 Å². The van der Waals surface area contributed by atoms with E-state index in [1.54, 1.807) is 0 Å². The van der Waals surface area contributed by atoms with Gasteiger partial charge in [-0.3, -0.25) is 0 Å². The fourth-order valence-corrected chi connectivity index (χ4v) is 3.82. The highest BCUT2D eigenvalue weighted by molar-refractivity contribution is 6.06. The number of nitrogens with zero attached hydrogens (tertiary/aromatic N) is 1. The minimum Gasteiger partial charge on any atom is -0.422 e. The van der Waals surface area contributed by atoms with Crippen molar-refractivity contribution < 1.29 is 9.53 Å². The average Bonchev–Trinajstić information content (AvgIpc) is 2.79. The van der Waals surface area contributed by atoms with E-state index in [9.17, 15) is 4.79 Å².